The smallest absolute Gasteiger partial charge is 0.222 e. The van der Waals surface area contributed by atoms with Gasteiger partial charge in [0.15, 0.2) is 0 Å². The van der Waals surface area contributed by atoms with Crippen LogP contribution in [0.4, 0.5) is 0 Å². The lowest BCUT2D eigenvalue weighted by Crippen LogP contribution is -2.41. The maximum Gasteiger partial charge on any atom is 0.222 e. The van der Waals surface area contributed by atoms with Gasteiger partial charge in [0.2, 0.25) is 5.91 Å². The van der Waals surface area contributed by atoms with Gasteiger partial charge in [0, 0.05) is 0 Å². The van der Waals surface area contributed by atoms with Crippen molar-refractivity contribution in [2.75, 3.05) is 0 Å². The summed E-state index contributed by atoms with van der Waals surface area (Å²) in [5, 5.41) is 11.9. The van der Waals surface area contributed by atoms with Crippen molar-refractivity contribution in [2.45, 2.75) is 12.5 Å². The first kappa shape index (κ1) is 7.16. The van der Waals surface area contributed by atoms with Crippen LogP contribution in [-0.2, 0) is 4.79 Å². The standard InChI is InChI=1S/C9H9NO2/c11-7-3-1-2-6(4-7)8-5-9(12)10-8/h1-4,8,11H,5H2,(H,10,12). The molecule has 1 atom stereocenters. The van der Waals surface area contributed by atoms with Gasteiger partial charge in [0.25, 0.3) is 0 Å². The molecule has 1 amide bonds. The van der Waals surface area contributed by atoms with E-state index in [0.29, 0.717) is 6.42 Å². The second-order valence-electron chi connectivity index (χ2n) is 2.92. The number of carbonyl (C=O) groups excluding carboxylic acids is 1. The number of rotatable bonds is 1. The van der Waals surface area contributed by atoms with E-state index < -0.39 is 0 Å². The van der Waals surface area contributed by atoms with Crippen LogP contribution >= 0.6 is 0 Å². The minimum Gasteiger partial charge on any atom is -0.508 e. The second kappa shape index (κ2) is 2.52. The summed E-state index contributed by atoms with van der Waals surface area (Å²) < 4.78 is 0. The van der Waals surface area contributed by atoms with E-state index in [0.717, 1.165) is 5.56 Å². The summed E-state index contributed by atoms with van der Waals surface area (Å²) in [6.45, 7) is 0. The molecule has 3 heteroatoms. The molecule has 1 heterocycles. The van der Waals surface area contributed by atoms with E-state index >= 15 is 0 Å². The number of phenols is 1. The molecule has 1 aliphatic rings. The first-order chi connectivity index (χ1) is 5.75. The molecule has 1 fully saturated rings. The van der Waals surface area contributed by atoms with Gasteiger partial charge in [0.05, 0.1) is 12.5 Å². The van der Waals surface area contributed by atoms with E-state index in [1.807, 2.05) is 6.07 Å². The van der Waals surface area contributed by atoms with Gasteiger partial charge in [-0.15, -0.1) is 0 Å². The third-order valence-electron chi connectivity index (χ3n) is 2.00. The summed E-state index contributed by atoms with van der Waals surface area (Å²) in [6, 6.07) is 7.05. The SMILES string of the molecule is O=C1CC(c2cccc(O)c2)N1. The number of hydrogen-bond donors (Lipinski definition) is 2. The fourth-order valence-electron chi connectivity index (χ4n) is 1.30. The van der Waals surface area contributed by atoms with Crippen molar-refractivity contribution >= 4 is 5.91 Å². The van der Waals surface area contributed by atoms with E-state index in [2.05, 4.69) is 5.32 Å². The van der Waals surface area contributed by atoms with Crippen LogP contribution in [0.15, 0.2) is 24.3 Å². The quantitative estimate of drug-likeness (QED) is 0.605. The largest absolute Gasteiger partial charge is 0.508 e. The fourth-order valence-corrected chi connectivity index (χ4v) is 1.30. The number of β-lactam (4-membered cyclic amide) rings is 1. The first-order valence-electron chi connectivity index (χ1n) is 3.84. The van der Waals surface area contributed by atoms with Gasteiger partial charge in [-0.2, -0.15) is 0 Å². The highest BCUT2D eigenvalue weighted by atomic mass is 16.3. The van der Waals surface area contributed by atoms with Crippen molar-refractivity contribution in [3.8, 4) is 5.75 Å². The summed E-state index contributed by atoms with van der Waals surface area (Å²) in [6.07, 6.45) is 0.531. The minimum atomic E-state index is 0.0725. The third-order valence-corrected chi connectivity index (χ3v) is 2.00. The highest BCUT2D eigenvalue weighted by molar-refractivity contribution is 5.83. The molecule has 1 aromatic rings. The summed E-state index contributed by atoms with van der Waals surface area (Å²) in [5.41, 5.74) is 0.967. The monoisotopic (exact) mass is 163 g/mol. The average Bonchev–Trinajstić information content (AvgIpc) is 1.99. The Morgan fingerprint density at radius 3 is 2.83 bits per heavy atom. The predicted molar refractivity (Wildman–Crippen MR) is 43.6 cm³/mol. The average molecular weight is 163 g/mol. The van der Waals surface area contributed by atoms with Gasteiger partial charge in [-0.25, -0.2) is 0 Å². The number of benzene rings is 1. The van der Waals surface area contributed by atoms with Crippen molar-refractivity contribution in [1.29, 1.82) is 0 Å². The van der Waals surface area contributed by atoms with Gasteiger partial charge in [0.1, 0.15) is 5.75 Å². The number of phenolic OH excluding ortho intramolecular Hbond substituents is 1. The Morgan fingerprint density at radius 1 is 1.50 bits per heavy atom. The Bertz CT molecular complexity index is 314. The van der Waals surface area contributed by atoms with Gasteiger partial charge in [-0.1, -0.05) is 12.1 Å². The zero-order chi connectivity index (χ0) is 8.55. The van der Waals surface area contributed by atoms with Gasteiger partial charge < -0.3 is 10.4 Å². The zero-order valence-corrected chi connectivity index (χ0v) is 6.45. The molecule has 0 spiro atoms. The third kappa shape index (κ3) is 1.13. The molecular formula is C9H9NO2. The summed E-state index contributed by atoms with van der Waals surface area (Å²) in [5.74, 6) is 0.317. The van der Waals surface area contributed by atoms with E-state index in [1.165, 1.54) is 0 Å². The molecule has 2 rings (SSSR count). The van der Waals surface area contributed by atoms with Gasteiger partial charge in [-0.05, 0) is 17.7 Å². The van der Waals surface area contributed by atoms with E-state index in [4.69, 9.17) is 5.11 Å². The van der Waals surface area contributed by atoms with Crippen LogP contribution in [-0.4, -0.2) is 11.0 Å². The molecule has 0 radical (unpaired) electrons. The lowest BCUT2D eigenvalue weighted by atomic mass is 9.97. The normalized spacial score (nSPS) is 21.3. The van der Waals surface area contributed by atoms with Crippen molar-refractivity contribution in [2.24, 2.45) is 0 Å². The second-order valence-corrected chi connectivity index (χ2v) is 2.92. The molecule has 0 bridgehead atoms. The van der Waals surface area contributed by atoms with Crippen molar-refractivity contribution < 1.29 is 9.90 Å². The highest BCUT2D eigenvalue weighted by Gasteiger charge is 2.26. The molecule has 0 aromatic heterocycles. The highest BCUT2D eigenvalue weighted by Crippen LogP contribution is 2.25. The van der Waals surface area contributed by atoms with Crippen molar-refractivity contribution in [1.82, 2.24) is 5.32 Å². The summed E-state index contributed by atoms with van der Waals surface area (Å²) >= 11 is 0. The van der Waals surface area contributed by atoms with Crippen LogP contribution in [0.5, 0.6) is 5.75 Å². The Hall–Kier alpha value is -1.51. The minimum absolute atomic E-state index is 0.0725. The van der Waals surface area contributed by atoms with Crippen LogP contribution in [0.2, 0.25) is 0 Å². The predicted octanol–water partition coefficient (Wildman–Crippen LogP) is 0.953. The molecule has 1 unspecified atom stereocenters. The maximum atomic E-state index is 10.6. The van der Waals surface area contributed by atoms with Gasteiger partial charge in [-0.3, -0.25) is 4.79 Å². The lowest BCUT2D eigenvalue weighted by molar-refractivity contribution is -0.128. The molecule has 0 saturated carbocycles. The van der Waals surface area contributed by atoms with Crippen molar-refractivity contribution in [3.63, 3.8) is 0 Å². The Morgan fingerprint density at radius 2 is 2.25 bits per heavy atom. The molecule has 12 heavy (non-hydrogen) atoms. The molecule has 1 aliphatic heterocycles. The molecule has 0 aliphatic carbocycles. The summed E-state index contributed by atoms with van der Waals surface area (Å²) in [7, 11) is 0. The number of nitrogens with one attached hydrogen (secondary N) is 1. The van der Waals surface area contributed by atoms with E-state index in [1.54, 1.807) is 18.2 Å². The van der Waals surface area contributed by atoms with Crippen LogP contribution in [0.25, 0.3) is 0 Å². The van der Waals surface area contributed by atoms with E-state index in [-0.39, 0.29) is 17.7 Å². The Labute approximate surface area is 70.0 Å². The Balaban J connectivity index is 2.18. The van der Waals surface area contributed by atoms with Crippen LogP contribution < -0.4 is 5.32 Å². The van der Waals surface area contributed by atoms with Gasteiger partial charge >= 0.3 is 0 Å². The molecule has 2 N–H and O–H groups in total. The zero-order valence-electron chi connectivity index (χ0n) is 6.45. The van der Waals surface area contributed by atoms with E-state index in [9.17, 15) is 4.79 Å². The number of hydrogen-bond acceptors (Lipinski definition) is 2. The number of carbonyl (C=O) groups is 1. The topological polar surface area (TPSA) is 49.3 Å². The lowest BCUT2D eigenvalue weighted by Gasteiger charge is -2.27. The molecule has 62 valence electrons. The Kier molecular flexibility index (Phi) is 1.50. The molecule has 1 aromatic carbocycles. The molecular weight excluding hydrogens is 154 g/mol. The van der Waals surface area contributed by atoms with Crippen LogP contribution in [0, 0.1) is 0 Å². The molecule has 3 nitrogen and oxygen atoms in total. The van der Waals surface area contributed by atoms with Crippen LogP contribution in [0.3, 0.4) is 0 Å². The fraction of sp³-hybridized carbons (Fsp3) is 0.222. The first-order valence-corrected chi connectivity index (χ1v) is 3.84. The number of aromatic hydroxyl groups is 1. The summed E-state index contributed by atoms with van der Waals surface area (Å²) in [4.78, 5) is 10.6. The molecule has 1 saturated heterocycles. The van der Waals surface area contributed by atoms with Crippen LogP contribution in [0.1, 0.15) is 18.0 Å². The maximum absolute atomic E-state index is 10.6. The number of amides is 1. The van der Waals surface area contributed by atoms with Crippen molar-refractivity contribution in [3.05, 3.63) is 29.8 Å².